The third kappa shape index (κ3) is 5.02. The van der Waals surface area contributed by atoms with Gasteiger partial charge in [-0.2, -0.15) is 0 Å². The number of carboxylic acids is 1. The predicted molar refractivity (Wildman–Crippen MR) is 81.2 cm³/mol. The molecule has 2 N–H and O–H groups in total. The van der Waals surface area contributed by atoms with Crippen LogP contribution in [0.4, 0.5) is 10.5 Å². The first kappa shape index (κ1) is 15.1. The molecule has 5 heteroatoms. The molecule has 110 valence electrons. The molecule has 2 aromatic rings. The van der Waals surface area contributed by atoms with Crippen molar-refractivity contribution < 1.29 is 19.4 Å². The van der Waals surface area contributed by atoms with Crippen molar-refractivity contribution in [3.05, 3.63) is 65.7 Å². The highest BCUT2D eigenvalue weighted by molar-refractivity contribution is 5.87. The van der Waals surface area contributed by atoms with Gasteiger partial charge in [-0.1, -0.05) is 36.3 Å². The van der Waals surface area contributed by atoms with Gasteiger partial charge in [-0.3, -0.25) is 5.32 Å². The molecule has 5 nitrogen and oxygen atoms in total. The lowest BCUT2D eigenvalue weighted by molar-refractivity contribution is -0.130. The fourth-order valence-corrected chi connectivity index (χ4v) is 1.64. The first-order chi connectivity index (χ1) is 10.6. The molecule has 0 saturated heterocycles. The van der Waals surface area contributed by atoms with Gasteiger partial charge in [0.2, 0.25) is 0 Å². The molecule has 0 heterocycles. The maximum atomic E-state index is 11.6. The fraction of sp³-hybridized carbons (Fsp3) is 0.0588. The summed E-state index contributed by atoms with van der Waals surface area (Å²) in [7, 11) is 0. The second-order valence-corrected chi connectivity index (χ2v) is 4.32. The van der Waals surface area contributed by atoms with Crippen LogP contribution in [-0.2, 0) is 16.1 Å². The van der Waals surface area contributed by atoms with Crippen LogP contribution in [0.3, 0.4) is 0 Å². The van der Waals surface area contributed by atoms with E-state index in [4.69, 9.17) is 9.84 Å². The molecule has 2 rings (SSSR count). The molecule has 0 aliphatic carbocycles. The van der Waals surface area contributed by atoms with Crippen LogP contribution in [0.5, 0.6) is 0 Å². The Morgan fingerprint density at radius 3 is 2.36 bits per heavy atom. The normalized spacial score (nSPS) is 9.27. The summed E-state index contributed by atoms with van der Waals surface area (Å²) < 4.78 is 5.09. The van der Waals surface area contributed by atoms with E-state index in [9.17, 15) is 9.59 Å². The number of ether oxygens (including phenoxy) is 1. The van der Waals surface area contributed by atoms with Crippen molar-refractivity contribution in [1.82, 2.24) is 0 Å². The first-order valence-electron chi connectivity index (χ1n) is 6.46. The van der Waals surface area contributed by atoms with E-state index >= 15 is 0 Å². The van der Waals surface area contributed by atoms with E-state index in [1.54, 1.807) is 24.3 Å². The summed E-state index contributed by atoms with van der Waals surface area (Å²) in [6.45, 7) is 0.189. The lowest BCUT2D eigenvalue weighted by Gasteiger charge is -2.07. The Kier molecular flexibility index (Phi) is 5.16. The molecular formula is C17H13NO4. The van der Waals surface area contributed by atoms with Crippen molar-refractivity contribution in [2.24, 2.45) is 0 Å². The summed E-state index contributed by atoms with van der Waals surface area (Å²) in [4.78, 5) is 22.0. The van der Waals surface area contributed by atoms with Crippen LogP contribution in [0.2, 0.25) is 0 Å². The monoisotopic (exact) mass is 295 g/mol. The standard InChI is InChI=1S/C17H13NO4/c19-16(20)11-8-13-6-9-15(10-7-13)18-17(21)22-12-14-4-2-1-3-5-14/h1-7,9-10H,12H2,(H,18,21)(H,19,20). The Morgan fingerprint density at radius 1 is 1.05 bits per heavy atom. The SMILES string of the molecule is O=C(O)C#Cc1ccc(NC(=O)OCc2ccccc2)cc1. The van der Waals surface area contributed by atoms with Crippen molar-refractivity contribution in [2.75, 3.05) is 5.32 Å². The topological polar surface area (TPSA) is 75.6 Å². The molecule has 0 spiro atoms. The van der Waals surface area contributed by atoms with Crippen LogP contribution >= 0.6 is 0 Å². The number of aliphatic carboxylic acids is 1. The summed E-state index contributed by atoms with van der Waals surface area (Å²) >= 11 is 0. The average Bonchev–Trinajstić information content (AvgIpc) is 2.53. The van der Waals surface area contributed by atoms with E-state index in [-0.39, 0.29) is 6.61 Å². The highest BCUT2D eigenvalue weighted by Crippen LogP contribution is 2.10. The number of nitrogens with one attached hydrogen (secondary N) is 1. The van der Waals surface area contributed by atoms with Crippen molar-refractivity contribution in [3.63, 3.8) is 0 Å². The molecule has 1 amide bonds. The smallest absolute Gasteiger partial charge is 0.411 e. The number of amides is 1. The maximum absolute atomic E-state index is 11.6. The van der Waals surface area contributed by atoms with Crippen LogP contribution in [-0.4, -0.2) is 17.2 Å². The highest BCUT2D eigenvalue weighted by Gasteiger charge is 2.03. The summed E-state index contributed by atoms with van der Waals surface area (Å²) in [5, 5.41) is 11.0. The average molecular weight is 295 g/mol. The van der Waals surface area contributed by atoms with Crippen LogP contribution in [0.25, 0.3) is 0 Å². The second-order valence-electron chi connectivity index (χ2n) is 4.32. The van der Waals surface area contributed by atoms with Crippen molar-refractivity contribution in [2.45, 2.75) is 6.61 Å². The van der Waals surface area contributed by atoms with E-state index in [0.717, 1.165) is 5.56 Å². The van der Waals surface area contributed by atoms with Crippen molar-refractivity contribution in [3.8, 4) is 11.8 Å². The van der Waals surface area contributed by atoms with Crippen LogP contribution in [0.15, 0.2) is 54.6 Å². The number of hydrogen-bond donors (Lipinski definition) is 2. The van der Waals surface area contributed by atoms with Crippen LogP contribution < -0.4 is 5.32 Å². The maximum Gasteiger partial charge on any atom is 0.411 e. The largest absolute Gasteiger partial charge is 0.472 e. The minimum Gasteiger partial charge on any atom is -0.472 e. The molecule has 2 aromatic carbocycles. The number of carboxylic acid groups (broad SMARTS) is 1. The number of hydrogen-bond acceptors (Lipinski definition) is 3. The molecule has 0 aliphatic heterocycles. The van der Waals surface area contributed by atoms with Gasteiger partial charge in [0.15, 0.2) is 0 Å². The minimum atomic E-state index is -1.19. The Morgan fingerprint density at radius 2 is 1.73 bits per heavy atom. The molecule has 0 bridgehead atoms. The summed E-state index contributed by atoms with van der Waals surface area (Å²) in [6.07, 6.45) is -0.562. The minimum absolute atomic E-state index is 0.189. The quantitative estimate of drug-likeness (QED) is 0.854. The Balaban J connectivity index is 1.87. The Bertz CT molecular complexity index is 712. The molecule has 0 atom stereocenters. The summed E-state index contributed by atoms with van der Waals surface area (Å²) in [6, 6.07) is 15.8. The Labute approximate surface area is 127 Å². The molecular weight excluding hydrogens is 282 g/mol. The van der Waals surface area contributed by atoms with Crippen molar-refractivity contribution in [1.29, 1.82) is 0 Å². The van der Waals surface area contributed by atoms with Gasteiger partial charge in [-0.05, 0) is 29.8 Å². The van der Waals surface area contributed by atoms with E-state index in [2.05, 4.69) is 11.2 Å². The van der Waals surface area contributed by atoms with Gasteiger partial charge in [-0.15, -0.1) is 0 Å². The molecule has 0 fully saturated rings. The van der Waals surface area contributed by atoms with E-state index < -0.39 is 12.1 Å². The van der Waals surface area contributed by atoms with Gasteiger partial charge in [0.25, 0.3) is 0 Å². The lowest BCUT2D eigenvalue weighted by Crippen LogP contribution is -2.13. The number of carbonyl (C=O) groups is 2. The van der Waals surface area contributed by atoms with Gasteiger partial charge < -0.3 is 9.84 Å². The van der Waals surface area contributed by atoms with E-state index in [1.807, 2.05) is 36.3 Å². The van der Waals surface area contributed by atoms with E-state index in [1.165, 1.54) is 0 Å². The lowest BCUT2D eigenvalue weighted by atomic mass is 10.2. The molecule has 0 aromatic heterocycles. The fourth-order valence-electron chi connectivity index (χ4n) is 1.64. The van der Waals surface area contributed by atoms with E-state index in [0.29, 0.717) is 11.3 Å². The predicted octanol–water partition coefficient (Wildman–Crippen LogP) is 2.87. The third-order valence-electron chi connectivity index (χ3n) is 2.66. The molecule has 0 radical (unpaired) electrons. The van der Waals surface area contributed by atoms with Gasteiger partial charge >= 0.3 is 12.1 Å². The zero-order valence-corrected chi connectivity index (χ0v) is 11.6. The summed E-state index contributed by atoms with van der Waals surface area (Å²) in [5.41, 5.74) is 1.99. The van der Waals surface area contributed by atoms with Gasteiger partial charge in [0.05, 0.1) is 0 Å². The summed E-state index contributed by atoms with van der Waals surface area (Å²) in [5.74, 6) is 3.30. The van der Waals surface area contributed by atoms with Gasteiger partial charge in [-0.25, -0.2) is 9.59 Å². The number of carbonyl (C=O) groups excluding carboxylic acids is 1. The molecule has 0 unspecified atom stereocenters. The first-order valence-corrected chi connectivity index (χ1v) is 6.46. The highest BCUT2D eigenvalue weighted by atomic mass is 16.5. The van der Waals surface area contributed by atoms with Crippen molar-refractivity contribution >= 4 is 17.7 Å². The third-order valence-corrected chi connectivity index (χ3v) is 2.66. The van der Waals surface area contributed by atoms with Crippen LogP contribution in [0, 0.1) is 11.8 Å². The second kappa shape index (κ2) is 7.50. The number of rotatable bonds is 3. The zero-order valence-electron chi connectivity index (χ0n) is 11.6. The Hall–Kier alpha value is -3.26. The molecule has 0 saturated carbocycles. The van der Waals surface area contributed by atoms with Gasteiger partial charge in [0.1, 0.15) is 6.61 Å². The molecule has 0 aliphatic rings. The van der Waals surface area contributed by atoms with Crippen LogP contribution in [0.1, 0.15) is 11.1 Å². The number of benzene rings is 2. The molecule has 22 heavy (non-hydrogen) atoms. The zero-order chi connectivity index (χ0) is 15.8. The number of anilines is 1. The van der Waals surface area contributed by atoms with Gasteiger partial charge in [0, 0.05) is 17.2 Å².